The first-order chi connectivity index (χ1) is 9.54. The molecule has 1 aliphatic rings. The van der Waals surface area contributed by atoms with Crippen molar-refractivity contribution >= 4 is 11.9 Å². The van der Waals surface area contributed by atoms with E-state index in [-0.39, 0.29) is 18.5 Å². The van der Waals surface area contributed by atoms with Crippen LogP contribution in [0.15, 0.2) is 18.2 Å². The van der Waals surface area contributed by atoms with Crippen LogP contribution < -0.4 is 11.1 Å². The summed E-state index contributed by atoms with van der Waals surface area (Å²) >= 11 is 0. The van der Waals surface area contributed by atoms with Gasteiger partial charge in [0.2, 0.25) is 0 Å². The highest BCUT2D eigenvalue weighted by Crippen LogP contribution is 2.30. The van der Waals surface area contributed by atoms with E-state index in [0.717, 1.165) is 16.7 Å². The molecular weight excluding hydrogens is 266 g/mol. The molecule has 2 rings (SSSR count). The van der Waals surface area contributed by atoms with E-state index in [0.29, 0.717) is 0 Å². The van der Waals surface area contributed by atoms with Gasteiger partial charge >= 0.3 is 6.03 Å². The summed E-state index contributed by atoms with van der Waals surface area (Å²) in [5.41, 5.74) is 7.32. The topological polar surface area (TPSA) is 75.4 Å². The molecule has 0 spiro atoms. The molecular formula is C16H23N3O2. The highest BCUT2D eigenvalue weighted by molar-refractivity contribution is 6.07. The van der Waals surface area contributed by atoms with E-state index in [1.807, 2.05) is 32.0 Å². The van der Waals surface area contributed by atoms with Gasteiger partial charge in [-0.15, -0.1) is 0 Å². The van der Waals surface area contributed by atoms with E-state index >= 15 is 0 Å². The summed E-state index contributed by atoms with van der Waals surface area (Å²) in [5, 5.41) is 2.80. The molecule has 0 radical (unpaired) electrons. The molecule has 1 aromatic carbocycles. The smallest absolute Gasteiger partial charge is 0.324 e. The molecule has 5 nitrogen and oxygen atoms in total. The molecule has 1 aromatic rings. The monoisotopic (exact) mass is 289 g/mol. The van der Waals surface area contributed by atoms with E-state index < -0.39 is 11.1 Å². The zero-order valence-corrected chi connectivity index (χ0v) is 13.3. The number of amides is 3. The van der Waals surface area contributed by atoms with Gasteiger partial charge in [-0.05, 0) is 51.3 Å². The largest absolute Gasteiger partial charge is 0.325 e. The van der Waals surface area contributed by atoms with Gasteiger partial charge < -0.3 is 11.1 Å². The maximum atomic E-state index is 12.7. The maximum absolute atomic E-state index is 12.7. The summed E-state index contributed by atoms with van der Waals surface area (Å²) in [6, 6.07) is 5.41. The minimum Gasteiger partial charge on any atom is -0.324 e. The summed E-state index contributed by atoms with van der Waals surface area (Å²) < 4.78 is 0. The number of aryl methyl sites for hydroxylation is 2. The Morgan fingerprint density at radius 1 is 1.24 bits per heavy atom. The Balaban J connectivity index is 2.38. The summed E-state index contributed by atoms with van der Waals surface area (Å²) in [4.78, 5) is 26.0. The minimum atomic E-state index is -1.03. The lowest BCUT2D eigenvalue weighted by Crippen LogP contribution is -2.48. The Hall–Kier alpha value is -1.88. The van der Waals surface area contributed by atoms with Crippen LogP contribution >= 0.6 is 0 Å². The number of carbonyl (C=O) groups is 2. The molecule has 0 saturated carbocycles. The molecule has 1 unspecified atom stereocenters. The maximum Gasteiger partial charge on any atom is 0.325 e. The third-order valence-corrected chi connectivity index (χ3v) is 3.92. The second-order valence-corrected chi connectivity index (χ2v) is 6.73. The van der Waals surface area contributed by atoms with Crippen LogP contribution in [-0.2, 0) is 10.3 Å². The van der Waals surface area contributed by atoms with Gasteiger partial charge in [0.25, 0.3) is 5.91 Å². The molecule has 114 valence electrons. The highest BCUT2D eigenvalue weighted by atomic mass is 16.2. The molecule has 1 heterocycles. The number of rotatable bonds is 3. The van der Waals surface area contributed by atoms with E-state index in [4.69, 9.17) is 5.73 Å². The number of carbonyl (C=O) groups excluding carboxylic acids is 2. The molecule has 1 saturated heterocycles. The Morgan fingerprint density at radius 2 is 1.86 bits per heavy atom. The lowest BCUT2D eigenvalue weighted by molar-refractivity contribution is -0.131. The van der Waals surface area contributed by atoms with Gasteiger partial charge in [-0.2, -0.15) is 0 Å². The lowest BCUT2D eigenvalue weighted by Gasteiger charge is -2.26. The Labute approximate surface area is 125 Å². The van der Waals surface area contributed by atoms with Gasteiger partial charge in [0.05, 0.1) is 0 Å². The van der Waals surface area contributed by atoms with Gasteiger partial charge in [-0.1, -0.05) is 18.2 Å². The summed E-state index contributed by atoms with van der Waals surface area (Å²) in [5.74, 6) is -0.255. The summed E-state index contributed by atoms with van der Waals surface area (Å²) in [6.07, 6.45) is 0. The Kier molecular flexibility index (Phi) is 3.58. The van der Waals surface area contributed by atoms with Gasteiger partial charge in [0.15, 0.2) is 0 Å². The normalized spacial score (nSPS) is 22.7. The Morgan fingerprint density at radius 3 is 2.38 bits per heavy atom. The van der Waals surface area contributed by atoms with Crippen LogP contribution in [0.5, 0.6) is 0 Å². The molecule has 1 atom stereocenters. The molecule has 3 amide bonds. The summed E-state index contributed by atoms with van der Waals surface area (Å²) in [6.45, 7) is 9.52. The molecule has 5 heteroatoms. The minimum absolute atomic E-state index is 0.193. The lowest BCUT2D eigenvalue weighted by atomic mass is 9.89. The number of nitrogens with one attached hydrogen (secondary N) is 1. The van der Waals surface area contributed by atoms with Crippen LogP contribution in [0.25, 0.3) is 0 Å². The van der Waals surface area contributed by atoms with Crippen LogP contribution in [0.3, 0.4) is 0 Å². The fourth-order valence-electron chi connectivity index (χ4n) is 2.50. The van der Waals surface area contributed by atoms with Crippen molar-refractivity contribution in [2.75, 3.05) is 6.54 Å². The van der Waals surface area contributed by atoms with Crippen molar-refractivity contribution < 1.29 is 9.59 Å². The fourth-order valence-corrected chi connectivity index (χ4v) is 2.50. The van der Waals surface area contributed by atoms with Gasteiger partial charge in [-0.25, -0.2) is 4.79 Å². The summed E-state index contributed by atoms with van der Waals surface area (Å²) in [7, 11) is 0. The first-order valence-electron chi connectivity index (χ1n) is 7.05. The molecule has 1 fully saturated rings. The fraction of sp³-hybridized carbons (Fsp3) is 0.500. The molecule has 1 aliphatic heterocycles. The highest BCUT2D eigenvalue weighted by Gasteiger charge is 2.49. The van der Waals surface area contributed by atoms with Crippen LogP contribution in [0, 0.1) is 13.8 Å². The average molecular weight is 289 g/mol. The van der Waals surface area contributed by atoms with E-state index in [2.05, 4.69) is 5.32 Å². The van der Waals surface area contributed by atoms with E-state index in [9.17, 15) is 9.59 Å². The van der Waals surface area contributed by atoms with E-state index in [1.165, 1.54) is 4.90 Å². The second-order valence-electron chi connectivity index (χ2n) is 6.73. The molecule has 3 N–H and O–H groups in total. The third kappa shape index (κ3) is 2.78. The predicted molar refractivity (Wildman–Crippen MR) is 81.8 cm³/mol. The number of nitrogens with zero attached hydrogens (tertiary/aromatic N) is 1. The molecule has 0 aliphatic carbocycles. The van der Waals surface area contributed by atoms with Crippen molar-refractivity contribution in [1.82, 2.24) is 10.2 Å². The first kappa shape index (κ1) is 15.5. The first-order valence-corrected chi connectivity index (χ1v) is 7.05. The van der Waals surface area contributed by atoms with Crippen molar-refractivity contribution in [1.29, 1.82) is 0 Å². The van der Waals surface area contributed by atoms with Gasteiger partial charge in [0, 0.05) is 12.1 Å². The third-order valence-electron chi connectivity index (χ3n) is 3.92. The number of nitrogens with two attached hydrogens (primary N) is 1. The second kappa shape index (κ2) is 4.84. The quantitative estimate of drug-likeness (QED) is 0.833. The SMILES string of the molecule is Cc1ccc(C2(C)NC(=O)N(CC(C)(C)N)C2=O)cc1C. The number of urea groups is 1. The van der Waals surface area contributed by atoms with Crippen LogP contribution in [0.1, 0.15) is 37.5 Å². The van der Waals surface area contributed by atoms with Crippen molar-refractivity contribution in [3.63, 3.8) is 0 Å². The molecule has 0 aromatic heterocycles. The molecule has 0 bridgehead atoms. The van der Waals surface area contributed by atoms with Crippen molar-refractivity contribution in [2.24, 2.45) is 5.73 Å². The number of benzene rings is 1. The van der Waals surface area contributed by atoms with Crippen LogP contribution in [-0.4, -0.2) is 28.9 Å². The zero-order chi connectivity index (χ0) is 16.0. The zero-order valence-electron chi connectivity index (χ0n) is 13.3. The standard InChI is InChI=1S/C16H23N3O2/c1-10-6-7-12(8-11(10)2)16(5)13(20)19(14(21)18-16)9-15(3,4)17/h6-8H,9,17H2,1-5H3,(H,18,21). The number of imide groups is 1. The van der Waals surface area contributed by atoms with Crippen molar-refractivity contribution in [3.05, 3.63) is 34.9 Å². The number of hydrogen-bond donors (Lipinski definition) is 2. The van der Waals surface area contributed by atoms with Gasteiger partial charge in [-0.3, -0.25) is 9.69 Å². The average Bonchev–Trinajstić information content (AvgIpc) is 2.56. The number of hydrogen-bond acceptors (Lipinski definition) is 3. The van der Waals surface area contributed by atoms with Crippen molar-refractivity contribution in [2.45, 2.75) is 45.7 Å². The van der Waals surface area contributed by atoms with Gasteiger partial charge in [0.1, 0.15) is 5.54 Å². The molecule has 21 heavy (non-hydrogen) atoms. The van der Waals surface area contributed by atoms with Crippen molar-refractivity contribution in [3.8, 4) is 0 Å². The van der Waals surface area contributed by atoms with E-state index in [1.54, 1.807) is 20.8 Å². The Bertz CT molecular complexity index is 604. The van der Waals surface area contributed by atoms with Crippen LogP contribution in [0.4, 0.5) is 4.79 Å². The van der Waals surface area contributed by atoms with Crippen LogP contribution in [0.2, 0.25) is 0 Å². The predicted octanol–water partition coefficient (Wildman–Crippen LogP) is 1.81.